The first-order valence-electron chi connectivity index (χ1n) is 5.94. The fourth-order valence-electron chi connectivity index (χ4n) is 1.68. The molecule has 3 nitrogen and oxygen atoms in total. The molecule has 2 aromatic rings. The first-order chi connectivity index (χ1) is 9.47. The van der Waals surface area contributed by atoms with Gasteiger partial charge in [0.1, 0.15) is 12.4 Å². The van der Waals surface area contributed by atoms with Gasteiger partial charge < -0.3 is 10.5 Å². The number of hydrogen-bond acceptors (Lipinski definition) is 3. The second-order valence-corrected chi connectivity index (χ2v) is 4.81. The van der Waals surface area contributed by atoms with Crippen LogP contribution in [-0.4, -0.2) is 5.97 Å². The zero-order valence-electron chi connectivity index (χ0n) is 10.8. The van der Waals surface area contributed by atoms with E-state index in [9.17, 15) is 9.18 Å². The van der Waals surface area contributed by atoms with Crippen LogP contribution in [0.2, 0.25) is 5.02 Å². The molecule has 0 spiro atoms. The molecule has 20 heavy (non-hydrogen) atoms. The summed E-state index contributed by atoms with van der Waals surface area (Å²) in [4.78, 5) is 11.8. The minimum absolute atomic E-state index is 0.0643. The lowest BCUT2D eigenvalue weighted by Crippen LogP contribution is -2.07. The van der Waals surface area contributed by atoms with Crippen LogP contribution in [0.5, 0.6) is 0 Å². The number of halogens is 2. The van der Waals surface area contributed by atoms with Crippen molar-refractivity contribution >= 4 is 23.3 Å². The number of nitrogens with two attached hydrogens (primary N) is 1. The van der Waals surface area contributed by atoms with Gasteiger partial charge in [0, 0.05) is 16.3 Å². The van der Waals surface area contributed by atoms with Crippen molar-refractivity contribution in [2.75, 3.05) is 5.73 Å². The largest absolute Gasteiger partial charge is 0.457 e. The summed E-state index contributed by atoms with van der Waals surface area (Å²) < 4.78 is 18.6. The molecule has 0 aliphatic carbocycles. The van der Waals surface area contributed by atoms with Gasteiger partial charge in [0.15, 0.2) is 0 Å². The summed E-state index contributed by atoms with van der Waals surface area (Å²) in [5, 5.41) is 0.559. The number of rotatable bonds is 3. The van der Waals surface area contributed by atoms with E-state index in [0.29, 0.717) is 10.6 Å². The molecule has 0 aliphatic heterocycles. The number of carbonyl (C=O) groups is 1. The third-order valence-corrected chi connectivity index (χ3v) is 3.11. The van der Waals surface area contributed by atoms with Gasteiger partial charge in [-0.15, -0.1) is 0 Å². The monoisotopic (exact) mass is 293 g/mol. The number of anilines is 1. The molecule has 0 saturated heterocycles. The fourth-order valence-corrected chi connectivity index (χ4v) is 1.89. The molecule has 0 heterocycles. The molecular formula is C15H13ClFNO2. The third-order valence-electron chi connectivity index (χ3n) is 2.88. The predicted octanol–water partition coefficient (Wildman–Crippen LogP) is 3.73. The summed E-state index contributed by atoms with van der Waals surface area (Å²) in [5.41, 5.74) is 7.01. The molecule has 0 atom stereocenters. The second kappa shape index (κ2) is 5.92. The van der Waals surface area contributed by atoms with Gasteiger partial charge in [0.25, 0.3) is 0 Å². The Morgan fingerprint density at radius 2 is 2.10 bits per heavy atom. The summed E-state index contributed by atoms with van der Waals surface area (Å²) in [6, 6.07) is 9.48. The molecule has 0 bridgehead atoms. The van der Waals surface area contributed by atoms with Crippen LogP contribution < -0.4 is 5.73 Å². The summed E-state index contributed by atoms with van der Waals surface area (Å²) in [6.45, 7) is 1.61. The van der Waals surface area contributed by atoms with Gasteiger partial charge in [-0.05, 0) is 36.8 Å². The first-order valence-corrected chi connectivity index (χ1v) is 6.32. The fraction of sp³-hybridized carbons (Fsp3) is 0.133. The molecular weight excluding hydrogens is 281 g/mol. The number of nitrogen functional groups attached to an aromatic ring is 1. The molecule has 0 aromatic heterocycles. The van der Waals surface area contributed by atoms with E-state index in [-0.39, 0.29) is 17.9 Å². The van der Waals surface area contributed by atoms with Gasteiger partial charge in [-0.25, -0.2) is 9.18 Å². The number of ether oxygens (including phenoxy) is 1. The van der Waals surface area contributed by atoms with E-state index in [1.54, 1.807) is 31.2 Å². The van der Waals surface area contributed by atoms with E-state index < -0.39 is 11.8 Å². The van der Waals surface area contributed by atoms with Crippen molar-refractivity contribution in [3.8, 4) is 0 Å². The lowest BCUT2D eigenvalue weighted by molar-refractivity contribution is 0.0472. The Morgan fingerprint density at radius 3 is 2.75 bits per heavy atom. The Balaban J connectivity index is 2.09. The minimum Gasteiger partial charge on any atom is -0.457 e. The third kappa shape index (κ3) is 3.27. The van der Waals surface area contributed by atoms with Gasteiger partial charge in [0.2, 0.25) is 0 Å². The number of benzene rings is 2. The van der Waals surface area contributed by atoms with Crippen LogP contribution in [0.25, 0.3) is 0 Å². The van der Waals surface area contributed by atoms with E-state index in [2.05, 4.69) is 0 Å². The molecule has 0 saturated carbocycles. The van der Waals surface area contributed by atoms with Crippen LogP contribution in [0.1, 0.15) is 21.5 Å². The van der Waals surface area contributed by atoms with Crippen molar-refractivity contribution in [2.45, 2.75) is 13.5 Å². The average Bonchev–Trinajstić information content (AvgIpc) is 2.41. The quantitative estimate of drug-likeness (QED) is 0.693. The van der Waals surface area contributed by atoms with Crippen molar-refractivity contribution in [1.82, 2.24) is 0 Å². The molecule has 0 radical (unpaired) electrons. The van der Waals surface area contributed by atoms with Crippen LogP contribution in [-0.2, 0) is 11.3 Å². The van der Waals surface area contributed by atoms with Crippen LogP contribution in [0, 0.1) is 12.7 Å². The molecule has 5 heteroatoms. The maximum atomic E-state index is 13.5. The number of esters is 1. The van der Waals surface area contributed by atoms with Crippen LogP contribution >= 0.6 is 11.6 Å². The van der Waals surface area contributed by atoms with Crippen molar-refractivity contribution in [3.05, 3.63) is 63.9 Å². The predicted molar refractivity (Wildman–Crippen MR) is 76.1 cm³/mol. The van der Waals surface area contributed by atoms with Crippen LogP contribution in [0.15, 0.2) is 36.4 Å². The normalized spacial score (nSPS) is 10.3. The number of carbonyl (C=O) groups excluding carboxylic acids is 1. The van der Waals surface area contributed by atoms with Crippen molar-refractivity contribution in [1.29, 1.82) is 0 Å². The SMILES string of the molecule is Cc1c(N)cc(C(=O)OCc2cccc(Cl)c2)cc1F. The van der Waals surface area contributed by atoms with Gasteiger partial charge in [-0.2, -0.15) is 0 Å². The van der Waals surface area contributed by atoms with Crippen molar-refractivity contribution in [3.63, 3.8) is 0 Å². The summed E-state index contributed by atoms with van der Waals surface area (Å²) in [6.07, 6.45) is 0. The van der Waals surface area contributed by atoms with E-state index in [1.807, 2.05) is 0 Å². The van der Waals surface area contributed by atoms with Gasteiger partial charge in [-0.3, -0.25) is 0 Å². The molecule has 0 amide bonds. The Bertz CT molecular complexity index is 635. The molecule has 0 fully saturated rings. The zero-order chi connectivity index (χ0) is 14.7. The topological polar surface area (TPSA) is 52.3 Å². The van der Waals surface area contributed by atoms with E-state index in [4.69, 9.17) is 22.1 Å². The molecule has 2 aromatic carbocycles. The van der Waals surface area contributed by atoms with Crippen LogP contribution in [0.3, 0.4) is 0 Å². The highest BCUT2D eigenvalue weighted by Gasteiger charge is 2.12. The second-order valence-electron chi connectivity index (χ2n) is 4.38. The highest BCUT2D eigenvalue weighted by atomic mass is 35.5. The van der Waals surface area contributed by atoms with Gasteiger partial charge in [-0.1, -0.05) is 23.7 Å². The van der Waals surface area contributed by atoms with Crippen LogP contribution in [0.4, 0.5) is 10.1 Å². The Morgan fingerprint density at radius 1 is 1.35 bits per heavy atom. The molecule has 104 valence electrons. The van der Waals surface area contributed by atoms with E-state index in [0.717, 1.165) is 11.6 Å². The highest BCUT2D eigenvalue weighted by molar-refractivity contribution is 6.30. The first kappa shape index (κ1) is 14.3. The lowest BCUT2D eigenvalue weighted by atomic mass is 10.1. The van der Waals surface area contributed by atoms with Gasteiger partial charge in [0.05, 0.1) is 5.56 Å². The maximum absolute atomic E-state index is 13.5. The summed E-state index contributed by atoms with van der Waals surface area (Å²) in [5.74, 6) is -1.16. The zero-order valence-corrected chi connectivity index (χ0v) is 11.6. The Kier molecular flexibility index (Phi) is 4.25. The molecule has 2 N–H and O–H groups in total. The number of hydrogen-bond donors (Lipinski definition) is 1. The molecule has 0 unspecified atom stereocenters. The Labute approximate surface area is 121 Å². The van der Waals surface area contributed by atoms with Crippen molar-refractivity contribution in [2.24, 2.45) is 0 Å². The lowest BCUT2D eigenvalue weighted by Gasteiger charge is -2.08. The van der Waals surface area contributed by atoms with Gasteiger partial charge >= 0.3 is 5.97 Å². The standard InChI is InChI=1S/C15H13ClFNO2/c1-9-13(17)6-11(7-14(9)18)15(19)20-8-10-3-2-4-12(16)5-10/h2-7H,8,18H2,1H3. The maximum Gasteiger partial charge on any atom is 0.338 e. The summed E-state index contributed by atoms with van der Waals surface area (Å²) in [7, 11) is 0. The highest BCUT2D eigenvalue weighted by Crippen LogP contribution is 2.19. The summed E-state index contributed by atoms with van der Waals surface area (Å²) >= 11 is 5.83. The Hall–Kier alpha value is -2.07. The van der Waals surface area contributed by atoms with Crippen molar-refractivity contribution < 1.29 is 13.9 Å². The molecule has 0 aliphatic rings. The molecule has 2 rings (SSSR count). The van der Waals surface area contributed by atoms with E-state index >= 15 is 0 Å². The smallest absolute Gasteiger partial charge is 0.338 e. The minimum atomic E-state index is -0.629. The van der Waals surface area contributed by atoms with E-state index in [1.165, 1.54) is 6.07 Å². The average molecular weight is 294 g/mol.